The number of aryl methyl sites for hydroxylation is 2. The molecule has 2 aromatic heterocycles. The van der Waals surface area contributed by atoms with Crippen molar-refractivity contribution in [3.8, 4) is 11.1 Å². The van der Waals surface area contributed by atoms with Crippen LogP contribution in [0.1, 0.15) is 36.3 Å². The van der Waals surface area contributed by atoms with Crippen molar-refractivity contribution in [1.82, 2.24) is 24.6 Å². The number of carbonyl (C=O) groups is 1. The topological polar surface area (TPSA) is 75.9 Å². The molecule has 2 atom stereocenters. The number of anilines is 1. The lowest BCUT2D eigenvalue weighted by Gasteiger charge is -2.43. The molecule has 1 fully saturated rings. The Balaban J connectivity index is 1.62. The van der Waals surface area contributed by atoms with E-state index in [2.05, 4.69) is 20.4 Å². The zero-order chi connectivity index (χ0) is 23.6. The first-order valence-corrected chi connectivity index (χ1v) is 11.1. The highest BCUT2D eigenvalue weighted by Gasteiger charge is 2.46. The standard InChI is InChI=1S/C24H28F2N6O/c1-4-17-11-27-23(28-12-17)29-13-20-16(2)10-24(25,26)15-32(20)22(33)21-19(14-31(3)30-21)18-8-6-5-7-9-18/h5-9,11-12,14,16,20H,4,10,13,15H2,1-3H3,(H,27,28,29)/t16-,20?/m1/s1. The van der Waals surface area contributed by atoms with Gasteiger partial charge in [0.2, 0.25) is 5.95 Å². The van der Waals surface area contributed by atoms with Gasteiger partial charge in [-0.1, -0.05) is 44.2 Å². The van der Waals surface area contributed by atoms with Gasteiger partial charge >= 0.3 is 0 Å². The summed E-state index contributed by atoms with van der Waals surface area (Å²) >= 11 is 0. The predicted molar refractivity (Wildman–Crippen MR) is 122 cm³/mol. The number of benzene rings is 1. The zero-order valence-corrected chi connectivity index (χ0v) is 19.0. The van der Waals surface area contributed by atoms with Crippen molar-refractivity contribution in [2.75, 3.05) is 18.4 Å². The highest BCUT2D eigenvalue weighted by Crippen LogP contribution is 2.36. The van der Waals surface area contributed by atoms with Crippen molar-refractivity contribution in [2.45, 2.75) is 38.7 Å². The van der Waals surface area contributed by atoms with E-state index in [1.165, 1.54) is 9.58 Å². The van der Waals surface area contributed by atoms with Gasteiger partial charge in [-0.3, -0.25) is 9.48 Å². The van der Waals surface area contributed by atoms with Crippen LogP contribution < -0.4 is 5.32 Å². The summed E-state index contributed by atoms with van der Waals surface area (Å²) in [6, 6.07) is 8.89. The van der Waals surface area contributed by atoms with Gasteiger partial charge in [0.15, 0.2) is 5.69 Å². The number of halogens is 2. The van der Waals surface area contributed by atoms with Crippen molar-refractivity contribution in [3.63, 3.8) is 0 Å². The monoisotopic (exact) mass is 454 g/mol. The Morgan fingerprint density at radius 3 is 2.58 bits per heavy atom. The second kappa shape index (κ2) is 9.25. The maximum atomic E-state index is 14.6. The molecule has 0 aliphatic carbocycles. The van der Waals surface area contributed by atoms with Crippen LogP contribution in [-0.4, -0.2) is 55.6 Å². The van der Waals surface area contributed by atoms with Gasteiger partial charge in [0.05, 0.1) is 12.6 Å². The minimum Gasteiger partial charge on any atom is -0.352 e. The Bertz CT molecular complexity index is 1100. The molecule has 0 spiro atoms. The van der Waals surface area contributed by atoms with E-state index in [0.29, 0.717) is 11.5 Å². The Morgan fingerprint density at radius 1 is 1.21 bits per heavy atom. The molecule has 4 rings (SSSR count). The molecule has 0 radical (unpaired) electrons. The number of hydrogen-bond acceptors (Lipinski definition) is 5. The first-order valence-electron chi connectivity index (χ1n) is 11.1. The highest BCUT2D eigenvalue weighted by molar-refractivity contribution is 5.99. The van der Waals surface area contributed by atoms with E-state index >= 15 is 0 Å². The summed E-state index contributed by atoms with van der Waals surface area (Å²) < 4.78 is 30.7. The van der Waals surface area contributed by atoms with E-state index in [1.807, 2.05) is 37.3 Å². The third kappa shape index (κ3) is 5.02. The number of aromatic nitrogens is 4. The molecule has 9 heteroatoms. The van der Waals surface area contributed by atoms with Crippen molar-refractivity contribution in [2.24, 2.45) is 13.0 Å². The third-order valence-electron chi connectivity index (χ3n) is 6.04. The van der Waals surface area contributed by atoms with Crippen molar-refractivity contribution in [1.29, 1.82) is 0 Å². The van der Waals surface area contributed by atoms with Crippen LogP contribution in [0.25, 0.3) is 11.1 Å². The lowest BCUT2D eigenvalue weighted by molar-refractivity contribution is -0.0898. The number of rotatable bonds is 6. The first kappa shape index (κ1) is 22.8. The number of carbonyl (C=O) groups excluding carboxylic acids is 1. The molecular formula is C24H28F2N6O. The fourth-order valence-electron chi connectivity index (χ4n) is 4.32. The molecule has 0 saturated carbocycles. The summed E-state index contributed by atoms with van der Waals surface area (Å²) in [4.78, 5) is 23.4. The third-order valence-corrected chi connectivity index (χ3v) is 6.04. The number of nitrogens with one attached hydrogen (secondary N) is 1. The van der Waals surface area contributed by atoms with Gasteiger partial charge in [0, 0.05) is 44.2 Å². The Kier molecular flexibility index (Phi) is 6.40. The van der Waals surface area contributed by atoms with E-state index in [-0.39, 0.29) is 18.7 Å². The van der Waals surface area contributed by atoms with Crippen LogP contribution in [0.4, 0.5) is 14.7 Å². The second-order valence-corrected chi connectivity index (χ2v) is 8.62. The number of likely N-dealkylation sites (tertiary alicyclic amines) is 1. The molecule has 3 heterocycles. The molecular weight excluding hydrogens is 426 g/mol. The second-order valence-electron chi connectivity index (χ2n) is 8.62. The lowest BCUT2D eigenvalue weighted by Crippen LogP contribution is -2.57. The fraction of sp³-hybridized carbons (Fsp3) is 0.417. The molecule has 33 heavy (non-hydrogen) atoms. The summed E-state index contributed by atoms with van der Waals surface area (Å²) in [5.74, 6) is -3.49. The molecule has 7 nitrogen and oxygen atoms in total. The molecule has 3 aromatic rings. The van der Waals surface area contributed by atoms with Crippen molar-refractivity contribution >= 4 is 11.9 Å². The quantitative estimate of drug-likeness (QED) is 0.609. The van der Waals surface area contributed by atoms with Crippen molar-refractivity contribution < 1.29 is 13.6 Å². The van der Waals surface area contributed by atoms with E-state index in [4.69, 9.17) is 0 Å². The SMILES string of the molecule is CCc1cnc(NCC2[C@H](C)CC(F)(F)CN2C(=O)c2nn(C)cc2-c2ccccc2)nc1. The average Bonchev–Trinajstić information content (AvgIpc) is 3.19. The molecule has 1 aromatic carbocycles. The number of alkyl halides is 2. The Hall–Kier alpha value is -3.36. The van der Waals surface area contributed by atoms with Crippen LogP contribution in [0.15, 0.2) is 48.9 Å². The summed E-state index contributed by atoms with van der Waals surface area (Å²) in [5.41, 5.74) is 2.61. The smallest absolute Gasteiger partial charge is 0.275 e. The minimum absolute atomic E-state index is 0.169. The predicted octanol–water partition coefficient (Wildman–Crippen LogP) is 4.04. The number of hydrogen-bond donors (Lipinski definition) is 1. The van der Waals surface area contributed by atoms with Gasteiger partial charge in [0.1, 0.15) is 0 Å². The van der Waals surface area contributed by atoms with E-state index in [9.17, 15) is 13.6 Å². The molecule has 1 saturated heterocycles. The molecule has 1 N–H and O–H groups in total. The molecule has 1 amide bonds. The number of nitrogens with zero attached hydrogens (tertiary/aromatic N) is 5. The average molecular weight is 455 g/mol. The minimum atomic E-state index is -2.97. The van der Waals surface area contributed by atoms with E-state index < -0.39 is 30.3 Å². The zero-order valence-electron chi connectivity index (χ0n) is 19.0. The van der Waals surface area contributed by atoms with Gasteiger partial charge < -0.3 is 10.2 Å². The largest absolute Gasteiger partial charge is 0.352 e. The summed E-state index contributed by atoms with van der Waals surface area (Å²) in [6.07, 6.45) is 5.75. The normalized spacial score (nSPS) is 20.0. The lowest BCUT2D eigenvalue weighted by atomic mass is 9.88. The first-order chi connectivity index (χ1) is 15.8. The van der Waals surface area contributed by atoms with E-state index in [1.54, 1.807) is 32.6 Å². The van der Waals surface area contributed by atoms with Gasteiger partial charge in [-0.15, -0.1) is 0 Å². The fourth-order valence-corrected chi connectivity index (χ4v) is 4.32. The Morgan fingerprint density at radius 2 is 1.91 bits per heavy atom. The van der Waals surface area contributed by atoms with Crippen LogP contribution in [0.5, 0.6) is 0 Å². The highest BCUT2D eigenvalue weighted by atomic mass is 19.3. The van der Waals surface area contributed by atoms with Gasteiger partial charge in [-0.05, 0) is 23.5 Å². The number of amides is 1. The maximum absolute atomic E-state index is 14.6. The summed E-state index contributed by atoms with van der Waals surface area (Å²) in [7, 11) is 1.72. The Labute approximate surface area is 191 Å². The van der Waals surface area contributed by atoms with Crippen LogP contribution >= 0.6 is 0 Å². The van der Waals surface area contributed by atoms with Crippen LogP contribution in [-0.2, 0) is 13.5 Å². The molecule has 0 bridgehead atoms. The van der Waals surface area contributed by atoms with Gasteiger partial charge in [0.25, 0.3) is 11.8 Å². The van der Waals surface area contributed by atoms with Crippen LogP contribution in [0.3, 0.4) is 0 Å². The number of piperidine rings is 1. The maximum Gasteiger partial charge on any atom is 0.275 e. The molecule has 1 aliphatic rings. The van der Waals surface area contributed by atoms with Gasteiger partial charge in [-0.2, -0.15) is 5.10 Å². The van der Waals surface area contributed by atoms with Crippen LogP contribution in [0, 0.1) is 5.92 Å². The summed E-state index contributed by atoms with van der Waals surface area (Å²) in [5, 5.41) is 7.47. The van der Waals surface area contributed by atoms with Crippen molar-refractivity contribution in [3.05, 3.63) is 60.2 Å². The van der Waals surface area contributed by atoms with Crippen LogP contribution in [0.2, 0.25) is 0 Å². The molecule has 1 aliphatic heterocycles. The van der Waals surface area contributed by atoms with E-state index in [0.717, 1.165) is 17.5 Å². The molecule has 1 unspecified atom stereocenters. The van der Waals surface area contributed by atoms with Gasteiger partial charge in [-0.25, -0.2) is 18.7 Å². The summed E-state index contributed by atoms with van der Waals surface area (Å²) in [6.45, 7) is 3.38. The molecule has 174 valence electrons.